The van der Waals surface area contributed by atoms with Crippen molar-refractivity contribution in [2.24, 2.45) is 0 Å². The molecule has 1 amide bonds. The van der Waals surface area contributed by atoms with E-state index in [1.165, 1.54) is 11.1 Å². The third kappa shape index (κ3) is 3.80. The van der Waals surface area contributed by atoms with E-state index in [1.54, 1.807) is 7.11 Å². The molecule has 0 aromatic heterocycles. The molecular weight excluding hydrogens is 336 g/mol. The van der Waals surface area contributed by atoms with E-state index < -0.39 is 0 Å². The monoisotopic (exact) mass is 358 g/mol. The van der Waals surface area contributed by atoms with Gasteiger partial charge in [0.05, 0.1) is 7.11 Å². The predicted molar refractivity (Wildman–Crippen MR) is 107 cm³/mol. The summed E-state index contributed by atoms with van der Waals surface area (Å²) in [4.78, 5) is 14.7. The molecule has 0 bridgehead atoms. The summed E-state index contributed by atoms with van der Waals surface area (Å²) in [6.07, 6.45) is 0. The van der Waals surface area contributed by atoms with Crippen molar-refractivity contribution in [1.82, 2.24) is 5.32 Å². The lowest BCUT2D eigenvalue weighted by Gasteiger charge is -2.18. The molecule has 1 aliphatic heterocycles. The molecule has 0 saturated carbocycles. The number of amides is 1. The van der Waals surface area contributed by atoms with E-state index in [1.807, 2.05) is 48.5 Å². The Bertz CT molecular complexity index is 926. The molecule has 4 heteroatoms. The van der Waals surface area contributed by atoms with Gasteiger partial charge in [-0.15, -0.1) is 0 Å². The van der Waals surface area contributed by atoms with Gasteiger partial charge in [-0.2, -0.15) is 0 Å². The summed E-state index contributed by atoms with van der Waals surface area (Å²) in [5.74, 6) is 0.715. The molecule has 1 N–H and O–H groups in total. The summed E-state index contributed by atoms with van der Waals surface area (Å²) in [6, 6.07) is 24.0. The molecule has 0 fully saturated rings. The van der Waals surface area contributed by atoms with Crippen LogP contribution >= 0.6 is 0 Å². The fourth-order valence-electron chi connectivity index (χ4n) is 3.41. The molecule has 0 spiro atoms. The molecule has 136 valence electrons. The molecule has 0 atom stereocenters. The van der Waals surface area contributed by atoms with Crippen LogP contribution in [-0.2, 0) is 19.6 Å². The molecule has 0 radical (unpaired) electrons. The number of benzene rings is 3. The summed E-state index contributed by atoms with van der Waals surface area (Å²) >= 11 is 0. The normalized spacial score (nSPS) is 12.6. The van der Waals surface area contributed by atoms with Crippen LogP contribution in [0.4, 0.5) is 5.69 Å². The van der Waals surface area contributed by atoms with E-state index in [0.29, 0.717) is 12.1 Å². The average molecular weight is 358 g/mol. The van der Waals surface area contributed by atoms with Gasteiger partial charge in [-0.1, -0.05) is 36.4 Å². The number of rotatable bonds is 5. The van der Waals surface area contributed by atoms with Gasteiger partial charge >= 0.3 is 0 Å². The van der Waals surface area contributed by atoms with Crippen molar-refractivity contribution in [1.29, 1.82) is 0 Å². The van der Waals surface area contributed by atoms with Gasteiger partial charge in [0, 0.05) is 30.9 Å². The maximum absolute atomic E-state index is 12.4. The summed E-state index contributed by atoms with van der Waals surface area (Å²) in [5, 5.41) is 2.96. The number of nitrogens with one attached hydrogen (secondary N) is 1. The van der Waals surface area contributed by atoms with Crippen LogP contribution in [0.15, 0.2) is 72.8 Å². The standard InChI is InChI=1S/C23H22N2O2/c1-27-22-8-4-5-17(13-22)14-24-23(26)18-9-11-21(12-10-18)25-15-19-6-2-3-7-20(19)16-25/h2-13H,14-16H2,1H3,(H,24,26). The second kappa shape index (κ2) is 7.54. The number of carbonyl (C=O) groups is 1. The SMILES string of the molecule is COc1cccc(CNC(=O)c2ccc(N3Cc4ccccc4C3)cc2)c1. The molecule has 1 aliphatic rings. The van der Waals surface area contributed by atoms with Gasteiger partial charge < -0.3 is 15.0 Å². The Balaban J connectivity index is 1.38. The Labute approximate surface area is 159 Å². The zero-order valence-electron chi connectivity index (χ0n) is 15.3. The molecule has 4 rings (SSSR count). The first-order valence-corrected chi connectivity index (χ1v) is 9.06. The highest BCUT2D eigenvalue weighted by atomic mass is 16.5. The maximum atomic E-state index is 12.4. The van der Waals surface area contributed by atoms with Crippen LogP contribution in [0.25, 0.3) is 0 Å². The fourth-order valence-corrected chi connectivity index (χ4v) is 3.41. The minimum Gasteiger partial charge on any atom is -0.497 e. The van der Waals surface area contributed by atoms with Crippen molar-refractivity contribution in [3.05, 3.63) is 95.1 Å². The Kier molecular flexibility index (Phi) is 4.79. The van der Waals surface area contributed by atoms with Crippen LogP contribution in [-0.4, -0.2) is 13.0 Å². The minimum atomic E-state index is -0.0749. The highest BCUT2D eigenvalue weighted by molar-refractivity contribution is 5.94. The van der Waals surface area contributed by atoms with Gasteiger partial charge in [-0.25, -0.2) is 0 Å². The van der Waals surface area contributed by atoms with Crippen molar-refractivity contribution >= 4 is 11.6 Å². The van der Waals surface area contributed by atoms with E-state index >= 15 is 0 Å². The minimum absolute atomic E-state index is 0.0749. The van der Waals surface area contributed by atoms with Gasteiger partial charge in [-0.3, -0.25) is 4.79 Å². The van der Waals surface area contributed by atoms with Crippen molar-refractivity contribution in [2.75, 3.05) is 12.0 Å². The summed E-state index contributed by atoms with van der Waals surface area (Å²) in [6.45, 7) is 2.30. The van der Waals surface area contributed by atoms with Crippen LogP contribution in [0.5, 0.6) is 5.75 Å². The van der Waals surface area contributed by atoms with Gasteiger partial charge in [0.25, 0.3) is 5.91 Å². The number of hydrogen-bond donors (Lipinski definition) is 1. The van der Waals surface area contributed by atoms with Gasteiger partial charge in [0.15, 0.2) is 0 Å². The number of hydrogen-bond acceptors (Lipinski definition) is 3. The van der Waals surface area contributed by atoms with E-state index in [-0.39, 0.29) is 5.91 Å². The molecule has 1 heterocycles. The topological polar surface area (TPSA) is 41.6 Å². The smallest absolute Gasteiger partial charge is 0.251 e. The summed E-state index contributed by atoms with van der Waals surface area (Å²) in [5.41, 5.74) is 5.55. The second-order valence-corrected chi connectivity index (χ2v) is 6.71. The van der Waals surface area contributed by atoms with Crippen LogP contribution in [0, 0.1) is 0 Å². The van der Waals surface area contributed by atoms with Crippen LogP contribution in [0.3, 0.4) is 0 Å². The zero-order valence-corrected chi connectivity index (χ0v) is 15.3. The lowest BCUT2D eigenvalue weighted by atomic mass is 10.1. The molecule has 3 aromatic rings. The number of ether oxygens (including phenoxy) is 1. The maximum Gasteiger partial charge on any atom is 0.251 e. The lowest BCUT2D eigenvalue weighted by Crippen LogP contribution is -2.23. The quantitative estimate of drug-likeness (QED) is 0.745. The predicted octanol–water partition coefficient (Wildman–Crippen LogP) is 4.15. The molecule has 0 aliphatic carbocycles. The van der Waals surface area contributed by atoms with Gasteiger partial charge in [-0.05, 0) is 53.1 Å². The highest BCUT2D eigenvalue weighted by Crippen LogP contribution is 2.28. The molecule has 27 heavy (non-hydrogen) atoms. The van der Waals surface area contributed by atoms with Crippen molar-refractivity contribution in [3.63, 3.8) is 0 Å². The third-order valence-corrected chi connectivity index (χ3v) is 4.92. The van der Waals surface area contributed by atoms with Crippen LogP contribution in [0.2, 0.25) is 0 Å². The number of nitrogens with zero attached hydrogens (tertiary/aromatic N) is 1. The van der Waals surface area contributed by atoms with Crippen molar-refractivity contribution < 1.29 is 9.53 Å². The zero-order chi connectivity index (χ0) is 18.6. The molecule has 0 saturated heterocycles. The number of methoxy groups -OCH3 is 1. The lowest BCUT2D eigenvalue weighted by molar-refractivity contribution is 0.0951. The molecule has 3 aromatic carbocycles. The Morgan fingerprint density at radius 3 is 2.33 bits per heavy atom. The number of carbonyl (C=O) groups excluding carboxylic acids is 1. The van der Waals surface area contributed by atoms with E-state index in [9.17, 15) is 4.79 Å². The fraction of sp³-hybridized carbons (Fsp3) is 0.174. The Hall–Kier alpha value is -3.27. The summed E-state index contributed by atoms with van der Waals surface area (Å²) in [7, 11) is 1.64. The van der Waals surface area contributed by atoms with E-state index in [4.69, 9.17) is 4.74 Å². The van der Waals surface area contributed by atoms with Crippen molar-refractivity contribution in [2.45, 2.75) is 19.6 Å². The molecule has 4 nitrogen and oxygen atoms in total. The van der Waals surface area contributed by atoms with E-state index in [0.717, 1.165) is 30.1 Å². The van der Waals surface area contributed by atoms with Crippen LogP contribution in [0.1, 0.15) is 27.0 Å². The van der Waals surface area contributed by atoms with Crippen molar-refractivity contribution in [3.8, 4) is 5.75 Å². The summed E-state index contributed by atoms with van der Waals surface area (Å²) < 4.78 is 5.21. The van der Waals surface area contributed by atoms with Crippen LogP contribution < -0.4 is 15.0 Å². The molecular formula is C23H22N2O2. The van der Waals surface area contributed by atoms with E-state index in [2.05, 4.69) is 34.5 Å². The first-order chi connectivity index (χ1) is 13.2. The highest BCUT2D eigenvalue weighted by Gasteiger charge is 2.18. The largest absolute Gasteiger partial charge is 0.497 e. The Morgan fingerprint density at radius 1 is 0.963 bits per heavy atom. The first-order valence-electron chi connectivity index (χ1n) is 9.06. The number of anilines is 1. The first kappa shape index (κ1) is 17.2. The van der Waals surface area contributed by atoms with Gasteiger partial charge in [0.2, 0.25) is 0 Å². The molecule has 0 unspecified atom stereocenters. The average Bonchev–Trinajstić information content (AvgIpc) is 3.16. The van der Waals surface area contributed by atoms with Gasteiger partial charge in [0.1, 0.15) is 5.75 Å². The Morgan fingerprint density at radius 2 is 1.67 bits per heavy atom. The third-order valence-electron chi connectivity index (χ3n) is 4.92. The second-order valence-electron chi connectivity index (χ2n) is 6.71. The number of fused-ring (bicyclic) bond motifs is 1.